The van der Waals surface area contributed by atoms with Gasteiger partial charge in [-0.25, -0.2) is 8.42 Å². The van der Waals surface area contributed by atoms with Crippen LogP contribution in [0.4, 0.5) is 0 Å². The molecule has 2 aromatic carbocycles. The van der Waals surface area contributed by atoms with Crippen LogP contribution in [0.25, 0.3) is 0 Å². The molecule has 27 heavy (non-hydrogen) atoms. The third-order valence-corrected chi connectivity index (χ3v) is 7.18. The van der Waals surface area contributed by atoms with E-state index in [1.54, 1.807) is 19.2 Å². The lowest BCUT2D eigenvalue weighted by Gasteiger charge is -2.09. The molecule has 1 heterocycles. The third kappa shape index (κ3) is 4.11. The lowest BCUT2D eigenvalue weighted by molar-refractivity contribution is 0.408. The van der Waals surface area contributed by atoms with Gasteiger partial charge in [-0.15, -0.1) is 5.54 Å². The quantitative estimate of drug-likeness (QED) is 0.443. The summed E-state index contributed by atoms with van der Waals surface area (Å²) in [5.74, 6) is 3.92. The Morgan fingerprint density at radius 1 is 1.04 bits per heavy atom. The average molecular weight is 400 g/mol. The van der Waals surface area contributed by atoms with Crippen LogP contribution in [0.1, 0.15) is 17.2 Å². The lowest BCUT2D eigenvalue weighted by atomic mass is 10.1. The first-order valence-corrected chi connectivity index (χ1v) is 13.8. The summed E-state index contributed by atoms with van der Waals surface area (Å²) in [5, 5.41) is 0. The Morgan fingerprint density at radius 2 is 1.67 bits per heavy atom. The topological polar surface area (TPSA) is 46.4 Å². The molecule has 0 bridgehead atoms. The minimum absolute atomic E-state index is 0.297. The van der Waals surface area contributed by atoms with Crippen LogP contribution in [-0.2, 0) is 10.0 Å². The fourth-order valence-electron chi connectivity index (χ4n) is 2.99. The maximum atomic E-state index is 13.3. The van der Waals surface area contributed by atoms with E-state index < -0.39 is 18.1 Å². The molecule has 1 aliphatic rings. The van der Waals surface area contributed by atoms with Crippen molar-refractivity contribution in [2.24, 2.45) is 0 Å². The van der Waals surface area contributed by atoms with Gasteiger partial charge >= 0.3 is 0 Å². The molecule has 1 aliphatic heterocycles. The summed E-state index contributed by atoms with van der Waals surface area (Å²) >= 11 is 0. The molecule has 0 N–H and O–H groups in total. The van der Waals surface area contributed by atoms with Gasteiger partial charge in [0.2, 0.25) is 10.0 Å². The van der Waals surface area contributed by atoms with Crippen LogP contribution in [0.15, 0.2) is 53.4 Å². The van der Waals surface area contributed by atoms with E-state index in [4.69, 9.17) is 4.74 Å². The van der Waals surface area contributed by atoms with Gasteiger partial charge in [-0.05, 0) is 25.1 Å². The Labute approximate surface area is 163 Å². The highest BCUT2D eigenvalue weighted by Gasteiger charge is 2.56. The van der Waals surface area contributed by atoms with Gasteiger partial charge in [0.1, 0.15) is 19.9 Å². The Balaban J connectivity index is 2.05. The van der Waals surface area contributed by atoms with Crippen molar-refractivity contribution in [2.45, 2.75) is 43.5 Å². The van der Waals surface area contributed by atoms with Crippen molar-refractivity contribution in [3.8, 4) is 17.2 Å². The fraction of sp³-hybridized carbons (Fsp3) is 0.333. The van der Waals surface area contributed by atoms with Crippen LogP contribution in [0.5, 0.6) is 5.75 Å². The Morgan fingerprint density at radius 3 is 2.26 bits per heavy atom. The van der Waals surface area contributed by atoms with Crippen molar-refractivity contribution in [1.82, 2.24) is 4.31 Å². The molecule has 6 heteroatoms. The molecule has 0 spiro atoms. The number of sulfonamides is 1. The second kappa shape index (κ2) is 7.15. The average Bonchev–Trinajstić information content (AvgIpc) is 3.35. The molecule has 1 fully saturated rings. The largest absolute Gasteiger partial charge is 0.496 e. The molecule has 0 radical (unpaired) electrons. The van der Waals surface area contributed by atoms with Crippen LogP contribution in [-0.4, -0.2) is 33.9 Å². The zero-order valence-corrected chi connectivity index (χ0v) is 18.2. The summed E-state index contributed by atoms with van der Waals surface area (Å²) in [6, 6.07) is 13.8. The van der Waals surface area contributed by atoms with Gasteiger partial charge in [0.05, 0.1) is 18.0 Å². The van der Waals surface area contributed by atoms with Gasteiger partial charge < -0.3 is 4.74 Å². The molecule has 0 saturated carbocycles. The summed E-state index contributed by atoms with van der Waals surface area (Å²) in [7, 11) is -3.65. The van der Waals surface area contributed by atoms with Crippen LogP contribution in [0.2, 0.25) is 19.6 Å². The molecule has 0 amide bonds. The van der Waals surface area contributed by atoms with Gasteiger partial charge in [-0.2, -0.15) is 4.31 Å². The standard InChI is InChI=1S/C21H25NO3SSi/c1-16-10-12-17(13-11-16)26(23,24)22-19(14-15-27(3,4)5)21(22)18-8-6-7-9-20(18)25-2/h6-13,19,21H,1-5H3/t19-,21+,22?/m1/s1. The summed E-state index contributed by atoms with van der Waals surface area (Å²) in [5.41, 5.74) is 5.20. The molecule has 3 atom stereocenters. The van der Waals surface area contributed by atoms with E-state index in [9.17, 15) is 8.42 Å². The molecule has 0 aliphatic carbocycles. The molecular weight excluding hydrogens is 374 g/mol. The first-order chi connectivity index (χ1) is 12.6. The smallest absolute Gasteiger partial charge is 0.244 e. The van der Waals surface area contributed by atoms with Crippen LogP contribution < -0.4 is 4.74 Å². The number of ether oxygens (including phenoxy) is 1. The van der Waals surface area contributed by atoms with Crippen molar-refractivity contribution in [1.29, 1.82) is 0 Å². The summed E-state index contributed by atoms with van der Waals surface area (Å²) in [6.07, 6.45) is 0. The highest BCUT2D eigenvalue weighted by Crippen LogP contribution is 2.49. The van der Waals surface area contributed by atoms with E-state index in [0.29, 0.717) is 10.6 Å². The summed E-state index contributed by atoms with van der Waals surface area (Å²) in [4.78, 5) is 0.297. The van der Waals surface area contributed by atoms with Crippen molar-refractivity contribution >= 4 is 18.1 Å². The molecule has 142 valence electrons. The summed E-state index contributed by atoms with van der Waals surface area (Å²) < 4.78 is 33.5. The van der Waals surface area contributed by atoms with Crippen LogP contribution in [0, 0.1) is 18.4 Å². The van der Waals surface area contributed by atoms with Crippen molar-refractivity contribution in [2.75, 3.05) is 7.11 Å². The summed E-state index contributed by atoms with van der Waals surface area (Å²) in [6.45, 7) is 8.39. The molecule has 4 nitrogen and oxygen atoms in total. The molecular formula is C21H25NO3SSi. The zero-order chi connectivity index (χ0) is 19.8. The lowest BCUT2D eigenvalue weighted by Crippen LogP contribution is -2.18. The maximum absolute atomic E-state index is 13.3. The molecule has 2 aromatic rings. The van der Waals surface area contributed by atoms with Crippen molar-refractivity contribution in [3.05, 3.63) is 59.7 Å². The number of methoxy groups -OCH3 is 1. The number of benzene rings is 2. The molecule has 0 aromatic heterocycles. The molecule has 1 unspecified atom stereocenters. The predicted octanol–water partition coefficient (Wildman–Crippen LogP) is 4.00. The second-order valence-electron chi connectivity index (χ2n) is 7.80. The number of rotatable bonds is 4. The minimum atomic E-state index is -3.63. The normalized spacial score (nSPS) is 21.9. The second-order valence-corrected chi connectivity index (χ2v) is 14.4. The van der Waals surface area contributed by atoms with Crippen molar-refractivity contribution < 1.29 is 13.2 Å². The monoisotopic (exact) mass is 399 g/mol. The zero-order valence-electron chi connectivity index (χ0n) is 16.4. The SMILES string of the molecule is COc1ccccc1[C@H]1[C@@H](C#C[Si](C)(C)C)N1S(=O)(=O)c1ccc(C)cc1. The predicted molar refractivity (Wildman–Crippen MR) is 111 cm³/mol. The highest BCUT2D eigenvalue weighted by molar-refractivity contribution is 7.89. The molecule has 3 rings (SSSR count). The van der Waals surface area contributed by atoms with E-state index in [2.05, 4.69) is 31.1 Å². The maximum Gasteiger partial charge on any atom is 0.244 e. The minimum Gasteiger partial charge on any atom is -0.496 e. The number of nitrogens with zero attached hydrogens (tertiary/aromatic N) is 1. The molecule has 1 saturated heterocycles. The van der Waals surface area contributed by atoms with E-state index >= 15 is 0 Å². The number of hydrogen-bond donors (Lipinski definition) is 0. The van der Waals surface area contributed by atoms with E-state index in [0.717, 1.165) is 11.1 Å². The van der Waals surface area contributed by atoms with Gasteiger partial charge in [-0.3, -0.25) is 0 Å². The van der Waals surface area contributed by atoms with Crippen LogP contribution >= 0.6 is 0 Å². The van der Waals surface area contributed by atoms with E-state index in [1.165, 1.54) is 4.31 Å². The fourth-order valence-corrected chi connectivity index (χ4v) is 5.24. The van der Waals surface area contributed by atoms with Gasteiger partial charge in [-0.1, -0.05) is 61.5 Å². The Hall–Kier alpha value is -2.07. The van der Waals surface area contributed by atoms with E-state index in [1.807, 2.05) is 43.3 Å². The van der Waals surface area contributed by atoms with Gasteiger partial charge in [0.15, 0.2) is 0 Å². The van der Waals surface area contributed by atoms with Gasteiger partial charge in [0, 0.05) is 5.56 Å². The number of hydrogen-bond acceptors (Lipinski definition) is 3. The highest BCUT2D eigenvalue weighted by atomic mass is 32.2. The number of para-hydroxylation sites is 1. The first kappa shape index (κ1) is 19.7. The van der Waals surface area contributed by atoms with Crippen LogP contribution in [0.3, 0.4) is 0 Å². The first-order valence-electron chi connectivity index (χ1n) is 8.91. The van der Waals surface area contributed by atoms with Gasteiger partial charge in [0.25, 0.3) is 0 Å². The van der Waals surface area contributed by atoms with E-state index in [-0.39, 0.29) is 12.1 Å². The third-order valence-electron chi connectivity index (χ3n) is 4.41. The Kier molecular flexibility index (Phi) is 5.22. The number of aryl methyl sites for hydroxylation is 1. The Bertz CT molecular complexity index is 998. The van der Waals surface area contributed by atoms with Crippen molar-refractivity contribution in [3.63, 3.8) is 0 Å².